The smallest absolute Gasteiger partial charge is 0.338 e. The van der Waals surface area contributed by atoms with Crippen molar-refractivity contribution in [3.05, 3.63) is 70.3 Å². The summed E-state index contributed by atoms with van der Waals surface area (Å²) in [5.41, 5.74) is -0.118. The zero-order valence-corrected chi connectivity index (χ0v) is 14.5. The van der Waals surface area contributed by atoms with Gasteiger partial charge in [-0.05, 0) is 36.4 Å². The monoisotopic (exact) mass is 398 g/mol. The Hall–Kier alpha value is -2.51. The molecule has 1 heterocycles. The van der Waals surface area contributed by atoms with Gasteiger partial charge in [0.15, 0.2) is 0 Å². The predicted octanol–water partition coefficient (Wildman–Crippen LogP) is 6.29. The highest BCUT2D eigenvalue weighted by atomic mass is 35.5. The van der Waals surface area contributed by atoms with Crippen LogP contribution < -0.4 is 10.6 Å². The molecule has 0 unspecified atom stereocenters. The van der Waals surface area contributed by atoms with Crippen molar-refractivity contribution in [1.82, 2.24) is 9.97 Å². The lowest BCUT2D eigenvalue weighted by Crippen LogP contribution is -2.12. The van der Waals surface area contributed by atoms with Gasteiger partial charge in [0.1, 0.15) is 11.4 Å². The molecule has 0 amide bonds. The first kappa shape index (κ1) is 18.3. The summed E-state index contributed by atoms with van der Waals surface area (Å²) in [7, 11) is 0. The summed E-state index contributed by atoms with van der Waals surface area (Å²) in [6.45, 7) is 0. The minimum Gasteiger partial charge on any atom is -0.338 e. The number of hydrogen-bond acceptors (Lipinski definition) is 4. The van der Waals surface area contributed by atoms with E-state index in [1.54, 1.807) is 48.5 Å². The van der Waals surface area contributed by atoms with Gasteiger partial charge in [-0.1, -0.05) is 35.3 Å². The standard InChI is InChI=1S/C17H11Cl2F3N4/c18-10-5-7-11(8-6-10)24-16-23-9-12(17(20,21)22)15(26-16)25-14-4-2-1-3-13(14)19/h1-9H,(H2,23,24,25,26). The minimum absolute atomic E-state index is 0.00474. The molecule has 0 aliphatic rings. The molecule has 0 aliphatic carbocycles. The van der Waals surface area contributed by atoms with Crippen LogP contribution >= 0.6 is 23.2 Å². The van der Waals surface area contributed by atoms with Crippen LogP contribution in [0.25, 0.3) is 0 Å². The number of nitrogens with one attached hydrogen (secondary N) is 2. The Morgan fingerprint density at radius 1 is 0.885 bits per heavy atom. The van der Waals surface area contributed by atoms with Gasteiger partial charge in [0, 0.05) is 16.9 Å². The maximum atomic E-state index is 13.3. The van der Waals surface area contributed by atoms with E-state index in [2.05, 4.69) is 20.6 Å². The van der Waals surface area contributed by atoms with E-state index in [-0.39, 0.29) is 11.0 Å². The average Bonchev–Trinajstić information content (AvgIpc) is 2.58. The lowest BCUT2D eigenvalue weighted by atomic mass is 10.2. The Morgan fingerprint density at radius 3 is 2.23 bits per heavy atom. The third-order valence-electron chi connectivity index (χ3n) is 3.32. The van der Waals surface area contributed by atoms with Gasteiger partial charge in [-0.2, -0.15) is 18.2 Å². The lowest BCUT2D eigenvalue weighted by molar-refractivity contribution is -0.137. The second-order valence-electron chi connectivity index (χ2n) is 5.19. The highest BCUT2D eigenvalue weighted by Crippen LogP contribution is 2.36. The molecule has 0 radical (unpaired) electrons. The molecular weight excluding hydrogens is 388 g/mol. The van der Waals surface area contributed by atoms with E-state index in [0.717, 1.165) is 0 Å². The fourth-order valence-electron chi connectivity index (χ4n) is 2.10. The third kappa shape index (κ3) is 4.36. The summed E-state index contributed by atoms with van der Waals surface area (Å²) >= 11 is 11.8. The predicted molar refractivity (Wildman–Crippen MR) is 96.5 cm³/mol. The molecule has 0 bridgehead atoms. The van der Waals surface area contributed by atoms with Crippen molar-refractivity contribution in [3.63, 3.8) is 0 Å². The van der Waals surface area contributed by atoms with E-state index in [9.17, 15) is 13.2 Å². The molecular formula is C17H11Cl2F3N4. The molecule has 0 spiro atoms. The van der Waals surface area contributed by atoms with Crippen molar-refractivity contribution in [2.45, 2.75) is 6.18 Å². The summed E-state index contributed by atoms with van der Waals surface area (Å²) in [5, 5.41) is 6.25. The summed E-state index contributed by atoms with van der Waals surface area (Å²) in [6.07, 6.45) is -3.91. The number of anilines is 4. The summed E-state index contributed by atoms with van der Waals surface area (Å²) < 4.78 is 39.8. The highest BCUT2D eigenvalue weighted by Gasteiger charge is 2.35. The molecule has 0 fully saturated rings. The zero-order chi connectivity index (χ0) is 18.7. The van der Waals surface area contributed by atoms with E-state index in [1.165, 1.54) is 0 Å². The Bertz CT molecular complexity index is 915. The SMILES string of the molecule is FC(F)(F)c1cnc(Nc2ccc(Cl)cc2)nc1Nc1ccccc1Cl. The Morgan fingerprint density at radius 2 is 1.58 bits per heavy atom. The highest BCUT2D eigenvalue weighted by molar-refractivity contribution is 6.33. The van der Waals surface area contributed by atoms with Crippen LogP contribution in [0.15, 0.2) is 54.7 Å². The van der Waals surface area contributed by atoms with Crippen molar-refractivity contribution in [1.29, 1.82) is 0 Å². The fraction of sp³-hybridized carbons (Fsp3) is 0.0588. The molecule has 0 atom stereocenters. The van der Waals surface area contributed by atoms with Gasteiger partial charge in [0.25, 0.3) is 0 Å². The molecule has 0 aliphatic heterocycles. The summed E-state index contributed by atoms with van der Waals surface area (Å²) in [5.74, 6) is -0.410. The van der Waals surface area contributed by atoms with Crippen molar-refractivity contribution >= 4 is 46.3 Å². The van der Waals surface area contributed by atoms with Gasteiger partial charge >= 0.3 is 6.18 Å². The molecule has 2 aromatic carbocycles. The molecule has 0 saturated heterocycles. The van der Waals surface area contributed by atoms with Crippen LogP contribution in [0, 0.1) is 0 Å². The second kappa shape index (κ2) is 7.39. The number of hydrogen-bond donors (Lipinski definition) is 2. The Labute approximate surface area is 157 Å². The number of benzene rings is 2. The van der Waals surface area contributed by atoms with Gasteiger partial charge in [-0.3, -0.25) is 0 Å². The van der Waals surface area contributed by atoms with Crippen molar-refractivity contribution < 1.29 is 13.2 Å². The minimum atomic E-state index is -4.62. The van der Waals surface area contributed by atoms with Gasteiger partial charge < -0.3 is 10.6 Å². The van der Waals surface area contributed by atoms with Crippen LogP contribution in [0.1, 0.15) is 5.56 Å². The molecule has 134 valence electrons. The first-order valence-electron chi connectivity index (χ1n) is 7.31. The Balaban J connectivity index is 1.96. The molecule has 2 N–H and O–H groups in total. The number of para-hydroxylation sites is 1. The quantitative estimate of drug-likeness (QED) is 0.542. The molecule has 3 rings (SSSR count). The number of halogens is 5. The van der Waals surface area contributed by atoms with Crippen LogP contribution in [0.5, 0.6) is 0 Å². The van der Waals surface area contributed by atoms with E-state index >= 15 is 0 Å². The number of alkyl halides is 3. The van der Waals surface area contributed by atoms with Gasteiger partial charge in [-0.25, -0.2) is 4.98 Å². The normalized spacial score (nSPS) is 11.3. The summed E-state index contributed by atoms with van der Waals surface area (Å²) in [6, 6.07) is 13.0. The van der Waals surface area contributed by atoms with Crippen molar-refractivity contribution in [3.8, 4) is 0 Å². The average molecular weight is 399 g/mol. The maximum absolute atomic E-state index is 13.3. The summed E-state index contributed by atoms with van der Waals surface area (Å²) in [4.78, 5) is 7.69. The van der Waals surface area contributed by atoms with E-state index in [1.807, 2.05) is 0 Å². The van der Waals surface area contributed by atoms with Crippen LogP contribution in [0.4, 0.5) is 36.3 Å². The van der Waals surface area contributed by atoms with E-state index in [0.29, 0.717) is 22.6 Å². The van der Waals surface area contributed by atoms with Crippen LogP contribution in [0.3, 0.4) is 0 Å². The van der Waals surface area contributed by atoms with Crippen LogP contribution in [0.2, 0.25) is 10.0 Å². The first-order chi connectivity index (χ1) is 12.3. The van der Waals surface area contributed by atoms with Gasteiger partial charge in [0.2, 0.25) is 5.95 Å². The van der Waals surface area contributed by atoms with Crippen molar-refractivity contribution in [2.75, 3.05) is 10.6 Å². The number of aromatic nitrogens is 2. The van der Waals surface area contributed by atoms with Crippen molar-refractivity contribution in [2.24, 2.45) is 0 Å². The van der Waals surface area contributed by atoms with Gasteiger partial charge in [-0.15, -0.1) is 0 Å². The molecule has 0 saturated carbocycles. The lowest BCUT2D eigenvalue weighted by Gasteiger charge is -2.15. The largest absolute Gasteiger partial charge is 0.421 e. The van der Waals surface area contributed by atoms with Crippen LogP contribution in [-0.2, 0) is 6.18 Å². The number of rotatable bonds is 4. The molecule has 9 heteroatoms. The van der Waals surface area contributed by atoms with E-state index < -0.39 is 17.6 Å². The maximum Gasteiger partial charge on any atom is 0.421 e. The second-order valence-corrected chi connectivity index (χ2v) is 6.03. The third-order valence-corrected chi connectivity index (χ3v) is 3.90. The molecule has 1 aromatic heterocycles. The molecule has 3 aromatic rings. The number of nitrogens with zero attached hydrogens (tertiary/aromatic N) is 2. The fourth-order valence-corrected chi connectivity index (χ4v) is 2.41. The van der Waals surface area contributed by atoms with E-state index in [4.69, 9.17) is 23.2 Å². The topological polar surface area (TPSA) is 49.8 Å². The molecule has 4 nitrogen and oxygen atoms in total. The van der Waals surface area contributed by atoms with Crippen LogP contribution in [-0.4, -0.2) is 9.97 Å². The molecule has 26 heavy (non-hydrogen) atoms. The first-order valence-corrected chi connectivity index (χ1v) is 8.07. The Kier molecular flexibility index (Phi) is 5.20. The van der Waals surface area contributed by atoms with Gasteiger partial charge in [0.05, 0.1) is 10.7 Å². The zero-order valence-electron chi connectivity index (χ0n) is 13.0.